The Bertz CT molecular complexity index is 967. The second kappa shape index (κ2) is 8.13. The van der Waals surface area contributed by atoms with Gasteiger partial charge in [0.2, 0.25) is 0 Å². The van der Waals surface area contributed by atoms with Crippen LogP contribution >= 0.6 is 27.7 Å². The number of imide groups is 1. The Balaban J connectivity index is 1.53. The first-order valence-electron chi connectivity index (χ1n) is 9.37. The normalized spacial score (nSPS) is 18.6. The Hall–Kier alpha value is -2.05. The van der Waals surface area contributed by atoms with Crippen molar-refractivity contribution in [2.24, 2.45) is 0 Å². The lowest BCUT2D eigenvalue weighted by atomic mass is 10.1. The van der Waals surface area contributed by atoms with E-state index in [1.165, 1.54) is 23.4 Å². The molecule has 4 nitrogen and oxygen atoms in total. The van der Waals surface area contributed by atoms with E-state index in [1.54, 1.807) is 0 Å². The van der Waals surface area contributed by atoms with Crippen molar-refractivity contribution >= 4 is 50.6 Å². The van der Waals surface area contributed by atoms with Gasteiger partial charge in [-0.2, -0.15) is 0 Å². The summed E-state index contributed by atoms with van der Waals surface area (Å²) < 4.78 is 0.932. The van der Waals surface area contributed by atoms with Gasteiger partial charge < -0.3 is 4.90 Å². The van der Waals surface area contributed by atoms with E-state index >= 15 is 0 Å². The highest BCUT2D eigenvalue weighted by atomic mass is 79.9. The number of carbonyl (C=O) groups excluding carboxylic acids is 2. The number of aryl methyl sites for hydroxylation is 1. The summed E-state index contributed by atoms with van der Waals surface area (Å²) >= 11 is 4.44. The standard InChI is InChI=1S/C22H21BrN2O2S/c1-15-11-19(24-9-2-3-10-24)8-7-17(15)13-20-21(26)25(22(27)28-20)14-16-5-4-6-18(23)12-16/h4-8,11-13H,2-3,9-10,14H2,1H3/b20-13+. The number of halogens is 1. The molecule has 28 heavy (non-hydrogen) atoms. The summed E-state index contributed by atoms with van der Waals surface area (Å²) in [6.45, 7) is 4.55. The number of amides is 2. The third-order valence-electron chi connectivity index (χ3n) is 5.11. The number of benzene rings is 2. The molecule has 2 aliphatic rings. The van der Waals surface area contributed by atoms with E-state index in [0.29, 0.717) is 4.91 Å². The topological polar surface area (TPSA) is 40.6 Å². The average molecular weight is 457 g/mol. The molecular formula is C22H21BrN2O2S. The molecule has 2 aliphatic heterocycles. The van der Waals surface area contributed by atoms with Crippen LogP contribution in [0, 0.1) is 6.92 Å². The first-order chi connectivity index (χ1) is 13.5. The predicted octanol–water partition coefficient (Wildman–Crippen LogP) is 5.59. The summed E-state index contributed by atoms with van der Waals surface area (Å²) in [5, 5.41) is -0.220. The van der Waals surface area contributed by atoms with Crippen molar-refractivity contribution in [3.8, 4) is 0 Å². The molecule has 6 heteroatoms. The number of rotatable bonds is 4. The monoisotopic (exact) mass is 456 g/mol. The molecule has 2 aromatic carbocycles. The number of carbonyl (C=O) groups is 2. The maximum Gasteiger partial charge on any atom is 0.293 e. The number of hydrogen-bond acceptors (Lipinski definition) is 4. The molecule has 0 aromatic heterocycles. The fourth-order valence-corrected chi connectivity index (χ4v) is 4.87. The zero-order valence-electron chi connectivity index (χ0n) is 15.7. The fourth-order valence-electron chi connectivity index (χ4n) is 3.59. The number of nitrogens with zero attached hydrogens (tertiary/aromatic N) is 2. The SMILES string of the molecule is Cc1cc(N2CCCC2)ccc1/C=C1/SC(=O)N(Cc2cccc(Br)c2)C1=O. The van der Waals surface area contributed by atoms with Gasteiger partial charge >= 0.3 is 0 Å². The maximum atomic E-state index is 12.8. The molecule has 0 aliphatic carbocycles. The minimum atomic E-state index is -0.224. The molecule has 0 atom stereocenters. The van der Waals surface area contributed by atoms with Crippen LogP contribution in [0.25, 0.3) is 6.08 Å². The van der Waals surface area contributed by atoms with Crippen molar-refractivity contribution in [3.05, 3.63) is 68.5 Å². The van der Waals surface area contributed by atoms with E-state index < -0.39 is 0 Å². The lowest BCUT2D eigenvalue weighted by Crippen LogP contribution is -2.27. The van der Waals surface area contributed by atoms with Gasteiger partial charge in [0.1, 0.15) is 0 Å². The minimum Gasteiger partial charge on any atom is -0.372 e. The van der Waals surface area contributed by atoms with Gasteiger partial charge in [0, 0.05) is 23.2 Å². The molecule has 0 bridgehead atoms. The first-order valence-corrected chi connectivity index (χ1v) is 11.0. The van der Waals surface area contributed by atoms with Crippen LogP contribution in [0.15, 0.2) is 51.8 Å². The molecule has 2 heterocycles. The molecular weight excluding hydrogens is 436 g/mol. The minimum absolute atomic E-state index is 0.220. The highest BCUT2D eigenvalue weighted by Crippen LogP contribution is 2.34. The molecule has 0 spiro atoms. The molecule has 2 saturated heterocycles. The van der Waals surface area contributed by atoms with E-state index in [2.05, 4.69) is 39.9 Å². The summed E-state index contributed by atoms with van der Waals surface area (Å²) in [5.74, 6) is -0.224. The van der Waals surface area contributed by atoms with Gasteiger partial charge in [0.05, 0.1) is 11.4 Å². The quantitative estimate of drug-likeness (QED) is 0.561. The molecule has 0 unspecified atom stereocenters. The summed E-state index contributed by atoms with van der Waals surface area (Å²) in [6, 6.07) is 14.0. The van der Waals surface area contributed by atoms with Gasteiger partial charge in [-0.1, -0.05) is 34.1 Å². The van der Waals surface area contributed by atoms with E-state index in [9.17, 15) is 9.59 Å². The molecule has 0 N–H and O–H groups in total. The Morgan fingerprint density at radius 3 is 2.61 bits per heavy atom. The molecule has 2 aromatic rings. The van der Waals surface area contributed by atoms with Crippen LogP contribution in [0.3, 0.4) is 0 Å². The van der Waals surface area contributed by atoms with E-state index in [1.807, 2.05) is 36.4 Å². The van der Waals surface area contributed by atoms with E-state index in [4.69, 9.17) is 0 Å². The Morgan fingerprint density at radius 2 is 1.89 bits per heavy atom. The zero-order valence-corrected chi connectivity index (χ0v) is 18.1. The van der Waals surface area contributed by atoms with Gasteiger partial charge in [0.25, 0.3) is 11.1 Å². The van der Waals surface area contributed by atoms with Crippen LogP contribution in [0.2, 0.25) is 0 Å². The van der Waals surface area contributed by atoms with Gasteiger partial charge in [-0.05, 0) is 78.6 Å². The zero-order chi connectivity index (χ0) is 19.7. The van der Waals surface area contributed by atoms with Gasteiger partial charge in [-0.3, -0.25) is 14.5 Å². The third-order valence-corrected chi connectivity index (χ3v) is 6.52. The molecule has 144 valence electrons. The molecule has 2 amide bonds. The van der Waals surface area contributed by atoms with Crippen LogP contribution < -0.4 is 4.90 Å². The molecule has 0 saturated carbocycles. The average Bonchev–Trinajstić information content (AvgIpc) is 3.28. The van der Waals surface area contributed by atoms with Crippen molar-refractivity contribution < 1.29 is 9.59 Å². The Labute approximate surface area is 177 Å². The largest absolute Gasteiger partial charge is 0.372 e. The smallest absolute Gasteiger partial charge is 0.293 e. The van der Waals surface area contributed by atoms with Crippen LogP contribution in [0.5, 0.6) is 0 Å². The van der Waals surface area contributed by atoms with Crippen LogP contribution in [-0.2, 0) is 11.3 Å². The summed E-state index contributed by atoms with van der Waals surface area (Å²) in [6.07, 6.45) is 4.33. The molecule has 4 rings (SSSR count). The van der Waals surface area contributed by atoms with Crippen molar-refractivity contribution in [2.75, 3.05) is 18.0 Å². The number of hydrogen-bond donors (Lipinski definition) is 0. The highest BCUT2D eigenvalue weighted by Gasteiger charge is 2.35. The van der Waals surface area contributed by atoms with Crippen LogP contribution in [0.1, 0.15) is 29.5 Å². The third kappa shape index (κ3) is 4.03. The Kier molecular flexibility index (Phi) is 5.60. The Morgan fingerprint density at radius 1 is 1.11 bits per heavy atom. The van der Waals surface area contributed by atoms with Crippen molar-refractivity contribution in [1.29, 1.82) is 0 Å². The van der Waals surface area contributed by atoms with Gasteiger partial charge in [0.15, 0.2) is 0 Å². The summed E-state index contributed by atoms with van der Waals surface area (Å²) in [7, 11) is 0. The summed E-state index contributed by atoms with van der Waals surface area (Å²) in [5.41, 5.74) is 4.25. The van der Waals surface area contributed by atoms with E-state index in [-0.39, 0.29) is 17.7 Å². The van der Waals surface area contributed by atoms with Crippen molar-refractivity contribution in [2.45, 2.75) is 26.3 Å². The van der Waals surface area contributed by atoms with Gasteiger partial charge in [-0.15, -0.1) is 0 Å². The second-order valence-electron chi connectivity index (χ2n) is 7.13. The van der Waals surface area contributed by atoms with Crippen LogP contribution in [0.4, 0.5) is 10.5 Å². The number of anilines is 1. The summed E-state index contributed by atoms with van der Waals surface area (Å²) in [4.78, 5) is 29.4. The lowest BCUT2D eigenvalue weighted by molar-refractivity contribution is -0.123. The number of thioether (sulfide) groups is 1. The van der Waals surface area contributed by atoms with Crippen molar-refractivity contribution in [1.82, 2.24) is 4.90 Å². The second-order valence-corrected chi connectivity index (χ2v) is 9.04. The predicted molar refractivity (Wildman–Crippen MR) is 118 cm³/mol. The molecule has 0 radical (unpaired) electrons. The van der Waals surface area contributed by atoms with Crippen molar-refractivity contribution in [3.63, 3.8) is 0 Å². The lowest BCUT2D eigenvalue weighted by Gasteiger charge is -2.18. The fraction of sp³-hybridized carbons (Fsp3) is 0.273. The van der Waals surface area contributed by atoms with Gasteiger partial charge in [-0.25, -0.2) is 0 Å². The highest BCUT2D eigenvalue weighted by molar-refractivity contribution is 9.10. The maximum absolute atomic E-state index is 12.8. The first kappa shape index (κ1) is 19.3. The van der Waals surface area contributed by atoms with Crippen LogP contribution in [-0.4, -0.2) is 29.1 Å². The van der Waals surface area contributed by atoms with E-state index in [0.717, 1.165) is 46.0 Å². The molecule has 2 fully saturated rings.